The molecule has 1 amide bonds. The van der Waals surface area contributed by atoms with E-state index in [1.807, 2.05) is 0 Å². The summed E-state index contributed by atoms with van der Waals surface area (Å²) < 4.78 is 6.01. The fourth-order valence-corrected chi connectivity index (χ4v) is 6.28. The second kappa shape index (κ2) is 36.2. The molecule has 1 unspecified atom stereocenters. The smallest absolute Gasteiger partial charge is 0.322 e. The average Bonchev–Trinajstić information content (AvgIpc) is 3.04. The molecule has 0 radical (unpaired) electrons. The zero-order valence-electron chi connectivity index (χ0n) is 30.7. The Hall–Kier alpha value is -1.59. The second-order valence-electron chi connectivity index (χ2n) is 13.9. The second-order valence-corrected chi connectivity index (χ2v) is 13.9. The highest BCUT2D eigenvalue weighted by Crippen LogP contribution is 2.19. The van der Waals surface area contributed by atoms with Gasteiger partial charge in [-0.3, -0.25) is 14.4 Å². The topological polar surface area (TPSA) is 92.7 Å². The number of esters is 1. The molecule has 6 nitrogen and oxygen atoms in total. The largest absolute Gasteiger partial charge is 0.480 e. The predicted octanol–water partition coefficient (Wildman–Crippen LogP) is 12.0. The van der Waals surface area contributed by atoms with Gasteiger partial charge >= 0.3 is 11.9 Å². The van der Waals surface area contributed by atoms with E-state index >= 15 is 0 Å². The summed E-state index contributed by atoms with van der Waals surface area (Å²) in [6.45, 7) is 4.23. The summed E-state index contributed by atoms with van der Waals surface area (Å²) in [7, 11) is 0. The fraction of sp³-hybridized carbons (Fsp3) is 0.925. The monoisotopic (exact) mass is 652 g/mol. The van der Waals surface area contributed by atoms with Crippen LogP contribution in [0.1, 0.15) is 226 Å². The van der Waals surface area contributed by atoms with Crippen molar-refractivity contribution in [1.29, 1.82) is 0 Å². The molecule has 2 N–H and O–H groups in total. The third kappa shape index (κ3) is 35.3. The lowest BCUT2D eigenvalue weighted by Gasteiger charge is -2.18. The van der Waals surface area contributed by atoms with Crippen molar-refractivity contribution >= 4 is 17.8 Å². The van der Waals surface area contributed by atoms with Crippen LogP contribution in [0.5, 0.6) is 0 Å². The third-order valence-electron chi connectivity index (χ3n) is 9.28. The van der Waals surface area contributed by atoms with Crippen LogP contribution in [0.3, 0.4) is 0 Å². The highest BCUT2D eigenvalue weighted by atomic mass is 16.5. The van der Waals surface area contributed by atoms with Gasteiger partial charge in [0.25, 0.3) is 0 Å². The van der Waals surface area contributed by atoms with Gasteiger partial charge in [0.2, 0.25) is 5.91 Å². The molecule has 0 saturated carbocycles. The first-order chi connectivity index (χ1) is 22.5. The Bertz CT molecular complexity index is 683. The first kappa shape index (κ1) is 44.4. The summed E-state index contributed by atoms with van der Waals surface area (Å²) in [6.07, 6.45) is 39.3. The van der Waals surface area contributed by atoms with E-state index in [2.05, 4.69) is 19.2 Å². The van der Waals surface area contributed by atoms with Gasteiger partial charge in [-0.1, -0.05) is 174 Å². The third-order valence-corrected chi connectivity index (χ3v) is 9.28. The van der Waals surface area contributed by atoms with E-state index in [1.165, 1.54) is 135 Å². The number of rotatable bonds is 37. The number of carboxylic acids is 1. The van der Waals surface area contributed by atoms with E-state index in [1.54, 1.807) is 0 Å². The van der Waals surface area contributed by atoms with Gasteiger partial charge in [-0.25, -0.2) is 0 Å². The van der Waals surface area contributed by atoms with Crippen molar-refractivity contribution in [3.63, 3.8) is 0 Å². The maximum absolute atomic E-state index is 12.7. The van der Waals surface area contributed by atoms with E-state index in [9.17, 15) is 14.4 Å². The van der Waals surface area contributed by atoms with Gasteiger partial charge in [0.15, 0.2) is 0 Å². The number of hydrogen-bond acceptors (Lipinski definition) is 4. The first-order valence-electron chi connectivity index (χ1n) is 20.2. The number of amides is 1. The first-order valence-corrected chi connectivity index (χ1v) is 20.2. The SMILES string of the molecule is CCCCCCCCCCCCCCCC(=O)OC(CCCCCCCCCCCCC)CCCCCCCC(=O)NCC(=O)O. The molecule has 0 saturated heterocycles. The summed E-state index contributed by atoms with van der Waals surface area (Å²) in [5.41, 5.74) is 0. The summed E-state index contributed by atoms with van der Waals surface area (Å²) in [5, 5.41) is 11.1. The molecular weight excluding hydrogens is 574 g/mol. The molecule has 0 aromatic heterocycles. The van der Waals surface area contributed by atoms with Gasteiger partial charge in [-0.05, 0) is 38.5 Å². The molecule has 0 aliphatic carbocycles. The average molecular weight is 652 g/mol. The Morgan fingerprint density at radius 2 is 0.804 bits per heavy atom. The Morgan fingerprint density at radius 1 is 0.478 bits per heavy atom. The van der Waals surface area contributed by atoms with Crippen LogP contribution < -0.4 is 5.32 Å². The van der Waals surface area contributed by atoms with E-state index in [-0.39, 0.29) is 24.5 Å². The number of nitrogens with one attached hydrogen (secondary N) is 1. The lowest BCUT2D eigenvalue weighted by Crippen LogP contribution is -2.28. The highest BCUT2D eigenvalue weighted by Gasteiger charge is 2.14. The van der Waals surface area contributed by atoms with Crippen molar-refractivity contribution in [2.75, 3.05) is 6.54 Å². The Kier molecular flexibility index (Phi) is 35.0. The highest BCUT2D eigenvalue weighted by molar-refractivity contribution is 5.80. The minimum atomic E-state index is -1.01. The molecule has 0 rings (SSSR count). The van der Waals surface area contributed by atoms with Crippen LogP contribution in [0.4, 0.5) is 0 Å². The molecule has 46 heavy (non-hydrogen) atoms. The molecular formula is C40H77NO5. The molecule has 272 valence electrons. The molecule has 0 aliphatic rings. The molecule has 0 aromatic rings. The summed E-state index contributed by atoms with van der Waals surface area (Å²) >= 11 is 0. The van der Waals surface area contributed by atoms with Crippen molar-refractivity contribution < 1.29 is 24.2 Å². The molecule has 6 heteroatoms. The maximum Gasteiger partial charge on any atom is 0.322 e. The number of carbonyl (C=O) groups is 3. The standard InChI is InChI=1S/C40H77NO5/c1-3-5-7-9-11-13-15-16-18-20-22-27-31-35-40(45)46-37(32-28-24-21-19-17-14-12-10-8-6-4-2)33-29-25-23-26-30-34-38(42)41-36-39(43)44/h37H,3-36H2,1-2H3,(H,41,42)(H,43,44). The fourth-order valence-electron chi connectivity index (χ4n) is 6.28. The van der Waals surface area contributed by atoms with Crippen molar-refractivity contribution in [2.24, 2.45) is 0 Å². The van der Waals surface area contributed by atoms with Crippen LogP contribution >= 0.6 is 0 Å². The summed E-state index contributed by atoms with van der Waals surface area (Å²) in [6, 6.07) is 0. The number of ether oxygens (including phenoxy) is 1. The van der Waals surface area contributed by atoms with E-state index in [0.29, 0.717) is 12.8 Å². The van der Waals surface area contributed by atoms with Crippen LogP contribution in [0.25, 0.3) is 0 Å². The predicted molar refractivity (Wildman–Crippen MR) is 194 cm³/mol. The lowest BCUT2D eigenvalue weighted by atomic mass is 10.0. The van der Waals surface area contributed by atoms with Gasteiger partial charge in [-0.2, -0.15) is 0 Å². The minimum absolute atomic E-state index is 0.0106. The van der Waals surface area contributed by atoms with Gasteiger partial charge in [0.1, 0.15) is 12.6 Å². The van der Waals surface area contributed by atoms with E-state index < -0.39 is 5.97 Å². The molecule has 0 heterocycles. The Morgan fingerprint density at radius 3 is 1.17 bits per heavy atom. The molecule has 0 bridgehead atoms. The minimum Gasteiger partial charge on any atom is -0.480 e. The van der Waals surface area contributed by atoms with Crippen molar-refractivity contribution in [3.05, 3.63) is 0 Å². The van der Waals surface area contributed by atoms with Crippen LogP contribution in [0.15, 0.2) is 0 Å². The summed E-state index contributed by atoms with van der Waals surface area (Å²) in [4.78, 5) is 34.9. The number of carbonyl (C=O) groups excluding carboxylic acids is 2. The van der Waals surface area contributed by atoms with Crippen LogP contribution in [-0.2, 0) is 19.1 Å². The van der Waals surface area contributed by atoms with Crippen molar-refractivity contribution in [1.82, 2.24) is 5.32 Å². The van der Waals surface area contributed by atoms with Crippen molar-refractivity contribution in [3.8, 4) is 0 Å². The van der Waals surface area contributed by atoms with E-state index in [4.69, 9.17) is 9.84 Å². The van der Waals surface area contributed by atoms with Crippen LogP contribution in [-0.4, -0.2) is 35.6 Å². The van der Waals surface area contributed by atoms with Gasteiger partial charge in [0, 0.05) is 12.8 Å². The Labute approximate surface area is 285 Å². The number of aliphatic carboxylic acids is 1. The van der Waals surface area contributed by atoms with Crippen LogP contribution in [0, 0.1) is 0 Å². The van der Waals surface area contributed by atoms with Gasteiger partial charge in [0.05, 0.1) is 0 Å². The van der Waals surface area contributed by atoms with Crippen molar-refractivity contribution in [2.45, 2.75) is 232 Å². The Balaban J connectivity index is 4.12. The molecule has 0 aromatic carbocycles. The zero-order chi connectivity index (χ0) is 33.8. The molecule has 0 fully saturated rings. The summed E-state index contributed by atoms with van der Waals surface area (Å²) in [5.74, 6) is -1.21. The molecule has 0 spiro atoms. The quantitative estimate of drug-likeness (QED) is 0.0515. The molecule has 0 aliphatic heterocycles. The van der Waals surface area contributed by atoms with Gasteiger partial charge < -0.3 is 15.2 Å². The maximum atomic E-state index is 12.7. The molecule has 1 atom stereocenters. The normalized spacial score (nSPS) is 11.9. The van der Waals surface area contributed by atoms with Crippen LogP contribution in [0.2, 0.25) is 0 Å². The van der Waals surface area contributed by atoms with Gasteiger partial charge in [-0.15, -0.1) is 0 Å². The number of carboxylic acid groups (broad SMARTS) is 1. The van der Waals surface area contributed by atoms with E-state index in [0.717, 1.165) is 64.2 Å². The number of unbranched alkanes of at least 4 members (excludes halogenated alkanes) is 26. The zero-order valence-corrected chi connectivity index (χ0v) is 30.7. The lowest BCUT2D eigenvalue weighted by molar-refractivity contribution is -0.150. The number of hydrogen-bond donors (Lipinski definition) is 2.